The van der Waals surface area contributed by atoms with Gasteiger partial charge in [-0.15, -0.1) is 0 Å². The van der Waals surface area contributed by atoms with Crippen molar-refractivity contribution in [2.75, 3.05) is 10.6 Å². The number of hydrogen-bond donors (Lipinski definition) is 2. The fraction of sp³-hybridized carbons (Fsp3) is 0.321. The number of nitrogens with one attached hydrogen (secondary N) is 1. The van der Waals surface area contributed by atoms with Crippen molar-refractivity contribution < 1.29 is 9.59 Å². The topological polar surface area (TPSA) is 127 Å². The first-order valence-electron chi connectivity index (χ1n) is 12.6. The van der Waals surface area contributed by atoms with Gasteiger partial charge in [-0.05, 0) is 49.4 Å². The summed E-state index contributed by atoms with van der Waals surface area (Å²) in [5, 5.41) is 0.774. The zero-order chi connectivity index (χ0) is 26.3. The molecule has 0 bridgehead atoms. The minimum Gasteiger partial charge on any atom is -0.383 e. The predicted octanol–water partition coefficient (Wildman–Crippen LogP) is 4.26. The number of aromatic nitrogens is 4. The van der Waals surface area contributed by atoms with Crippen molar-refractivity contribution in [3.05, 3.63) is 70.0 Å². The molecular formula is C28H30N6O3. The van der Waals surface area contributed by atoms with Crippen molar-refractivity contribution in [2.24, 2.45) is 7.05 Å². The van der Waals surface area contributed by atoms with Crippen LogP contribution in [0.15, 0.2) is 47.7 Å². The lowest BCUT2D eigenvalue weighted by atomic mass is 9.93. The molecule has 190 valence electrons. The zero-order valence-electron chi connectivity index (χ0n) is 21.2. The smallest absolute Gasteiger partial charge is 0.264 e. The Morgan fingerprint density at radius 1 is 1.11 bits per heavy atom. The first-order chi connectivity index (χ1) is 17.8. The van der Waals surface area contributed by atoms with E-state index in [2.05, 4.69) is 15.0 Å². The molecule has 3 N–H and O–H groups in total. The van der Waals surface area contributed by atoms with Crippen molar-refractivity contribution in [1.29, 1.82) is 0 Å². The number of ketones is 1. The van der Waals surface area contributed by atoms with Crippen molar-refractivity contribution in [3.63, 3.8) is 0 Å². The molecule has 4 aromatic rings. The molecule has 0 aliphatic heterocycles. The van der Waals surface area contributed by atoms with E-state index < -0.39 is 11.5 Å². The SMILES string of the molecule is CCC(CC)N(C(=O)c1cc2c([nH]c1=O)CCCC2=O)c1ccc(-c2cn(C)c3ncnc(N)c23)cc1. The second-order valence-corrected chi connectivity index (χ2v) is 9.48. The maximum absolute atomic E-state index is 13.9. The van der Waals surface area contributed by atoms with Crippen LogP contribution in [-0.2, 0) is 13.5 Å². The molecule has 3 heterocycles. The summed E-state index contributed by atoms with van der Waals surface area (Å²) >= 11 is 0. The van der Waals surface area contributed by atoms with Crippen molar-refractivity contribution in [2.45, 2.75) is 52.0 Å². The first kappa shape index (κ1) is 24.4. The van der Waals surface area contributed by atoms with Gasteiger partial charge in [0.2, 0.25) is 0 Å². The Labute approximate surface area is 214 Å². The molecule has 37 heavy (non-hydrogen) atoms. The Hall–Kier alpha value is -4.27. The molecule has 0 radical (unpaired) electrons. The van der Waals surface area contributed by atoms with E-state index in [4.69, 9.17) is 5.73 Å². The summed E-state index contributed by atoms with van der Waals surface area (Å²) in [6.07, 6.45) is 6.58. The van der Waals surface area contributed by atoms with Gasteiger partial charge >= 0.3 is 0 Å². The van der Waals surface area contributed by atoms with E-state index in [-0.39, 0.29) is 17.4 Å². The average Bonchev–Trinajstić information content (AvgIpc) is 3.24. The van der Waals surface area contributed by atoms with Crippen LogP contribution in [0.2, 0.25) is 0 Å². The first-order valence-corrected chi connectivity index (χ1v) is 12.6. The molecule has 1 aliphatic carbocycles. The minimum atomic E-state index is -0.461. The molecule has 5 rings (SSSR count). The molecule has 9 heteroatoms. The van der Waals surface area contributed by atoms with Gasteiger partial charge in [-0.2, -0.15) is 0 Å². The van der Waals surface area contributed by atoms with Crippen LogP contribution in [0.1, 0.15) is 65.9 Å². The van der Waals surface area contributed by atoms with Crippen molar-refractivity contribution in [1.82, 2.24) is 19.5 Å². The molecule has 0 fully saturated rings. The third kappa shape index (κ3) is 4.20. The molecule has 1 amide bonds. The van der Waals surface area contributed by atoms with Gasteiger partial charge in [0.15, 0.2) is 5.78 Å². The summed E-state index contributed by atoms with van der Waals surface area (Å²) in [7, 11) is 1.90. The maximum atomic E-state index is 13.9. The highest BCUT2D eigenvalue weighted by Crippen LogP contribution is 2.34. The maximum Gasteiger partial charge on any atom is 0.264 e. The average molecular weight is 499 g/mol. The molecule has 1 aliphatic rings. The molecule has 0 unspecified atom stereocenters. The Balaban J connectivity index is 1.56. The van der Waals surface area contributed by atoms with Gasteiger partial charge in [0.05, 0.1) is 5.39 Å². The third-order valence-corrected chi connectivity index (χ3v) is 7.25. The lowest BCUT2D eigenvalue weighted by molar-refractivity contribution is 0.0971. The highest BCUT2D eigenvalue weighted by molar-refractivity contribution is 6.08. The van der Waals surface area contributed by atoms with Gasteiger partial charge in [0.1, 0.15) is 23.4 Å². The Kier molecular flexibility index (Phi) is 6.37. The van der Waals surface area contributed by atoms with E-state index in [1.807, 2.05) is 55.9 Å². The number of fused-ring (bicyclic) bond motifs is 2. The number of amides is 1. The highest BCUT2D eigenvalue weighted by atomic mass is 16.2. The lowest BCUT2D eigenvalue weighted by Gasteiger charge is -2.31. The van der Waals surface area contributed by atoms with E-state index in [1.165, 1.54) is 12.4 Å². The third-order valence-electron chi connectivity index (χ3n) is 7.25. The van der Waals surface area contributed by atoms with Gasteiger partial charge in [0.25, 0.3) is 11.5 Å². The fourth-order valence-electron chi connectivity index (χ4n) is 5.27. The number of hydrogen-bond acceptors (Lipinski definition) is 6. The molecule has 1 aromatic carbocycles. The van der Waals surface area contributed by atoms with Gasteiger partial charge in [-0.3, -0.25) is 14.4 Å². The largest absolute Gasteiger partial charge is 0.383 e. The summed E-state index contributed by atoms with van der Waals surface area (Å²) < 4.78 is 1.90. The van der Waals surface area contributed by atoms with Gasteiger partial charge in [-0.25, -0.2) is 9.97 Å². The second-order valence-electron chi connectivity index (χ2n) is 9.48. The van der Waals surface area contributed by atoms with Crippen LogP contribution in [0, 0.1) is 0 Å². The van der Waals surface area contributed by atoms with Crippen LogP contribution in [0.4, 0.5) is 11.5 Å². The Morgan fingerprint density at radius 3 is 2.54 bits per heavy atom. The van der Waals surface area contributed by atoms with Crippen LogP contribution in [-0.4, -0.2) is 37.3 Å². The predicted molar refractivity (Wildman–Crippen MR) is 144 cm³/mol. The van der Waals surface area contributed by atoms with E-state index >= 15 is 0 Å². The summed E-state index contributed by atoms with van der Waals surface area (Å²) in [5.41, 5.74) is 9.98. The van der Waals surface area contributed by atoms with Crippen LogP contribution in [0.5, 0.6) is 0 Å². The number of anilines is 2. The number of H-pyrrole nitrogens is 1. The summed E-state index contributed by atoms with van der Waals surface area (Å²) in [6.45, 7) is 4.03. The van der Waals surface area contributed by atoms with Crippen molar-refractivity contribution >= 4 is 34.2 Å². The molecule has 0 spiro atoms. The Morgan fingerprint density at radius 2 is 1.84 bits per heavy atom. The number of rotatable bonds is 6. The van der Waals surface area contributed by atoms with Crippen LogP contribution >= 0.6 is 0 Å². The number of nitrogen functional groups attached to an aromatic ring is 1. The summed E-state index contributed by atoms with van der Waals surface area (Å²) in [6, 6.07) is 8.98. The Bertz CT molecular complexity index is 1560. The van der Waals surface area contributed by atoms with Crippen LogP contribution in [0.3, 0.4) is 0 Å². The van der Waals surface area contributed by atoms with E-state index in [0.717, 1.165) is 22.2 Å². The number of aromatic amines is 1. The van der Waals surface area contributed by atoms with Crippen LogP contribution in [0.25, 0.3) is 22.2 Å². The molecule has 0 saturated heterocycles. The molecule has 0 atom stereocenters. The summed E-state index contributed by atoms with van der Waals surface area (Å²) in [4.78, 5) is 52.2. The van der Waals surface area contributed by atoms with E-state index in [1.54, 1.807) is 4.90 Å². The van der Waals surface area contributed by atoms with Gasteiger partial charge in [0, 0.05) is 48.2 Å². The lowest BCUT2D eigenvalue weighted by Crippen LogP contribution is -2.42. The quantitative estimate of drug-likeness (QED) is 0.409. The molecule has 3 aromatic heterocycles. The normalized spacial score (nSPS) is 13.2. The number of pyridine rings is 1. The highest BCUT2D eigenvalue weighted by Gasteiger charge is 2.29. The van der Waals surface area contributed by atoms with Gasteiger partial charge < -0.3 is 20.2 Å². The van der Waals surface area contributed by atoms with Crippen molar-refractivity contribution in [3.8, 4) is 11.1 Å². The number of carbonyl (C=O) groups is 2. The number of Topliss-reactive ketones (excluding diaryl/α,β-unsaturated/α-hetero) is 1. The monoisotopic (exact) mass is 498 g/mol. The number of carbonyl (C=O) groups excluding carboxylic acids is 2. The zero-order valence-corrected chi connectivity index (χ0v) is 21.2. The second kappa shape index (κ2) is 9.65. The number of benzene rings is 1. The molecular weight excluding hydrogens is 468 g/mol. The fourth-order valence-corrected chi connectivity index (χ4v) is 5.27. The summed E-state index contributed by atoms with van der Waals surface area (Å²) in [5.74, 6) is -0.0466. The molecule has 9 nitrogen and oxygen atoms in total. The number of nitrogens with two attached hydrogens (primary N) is 1. The minimum absolute atomic E-state index is 0.0102. The standard InChI is InChI=1S/C28H30N6O3/c1-4-17(5-2)34(28(37)20-13-19-22(32-27(20)36)7-6-8-23(19)35)18-11-9-16(10-12-18)21-14-33(3)26-24(21)25(29)30-15-31-26/h9-15,17H,4-8H2,1-3H3,(H,32,36)(H2,29,30,31). The van der Waals surface area contributed by atoms with E-state index in [0.29, 0.717) is 54.9 Å². The number of aryl methyl sites for hydroxylation is 2. The van der Waals surface area contributed by atoms with Crippen LogP contribution < -0.4 is 16.2 Å². The number of nitrogens with zero attached hydrogens (tertiary/aromatic N) is 4. The van der Waals surface area contributed by atoms with E-state index in [9.17, 15) is 14.4 Å². The molecule has 0 saturated carbocycles. The van der Waals surface area contributed by atoms with Gasteiger partial charge in [-0.1, -0.05) is 26.0 Å².